The van der Waals surface area contributed by atoms with Crippen molar-refractivity contribution >= 4 is 40.0 Å². The van der Waals surface area contributed by atoms with Crippen molar-refractivity contribution in [2.75, 3.05) is 17.7 Å². The highest BCUT2D eigenvalue weighted by atomic mass is 32.2. The summed E-state index contributed by atoms with van der Waals surface area (Å²) in [5.41, 5.74) is 1.28. The molecular formula is C18H25N5O3S2. The van der Waals surface area contributed by atoms with Gasteiger partial charge in [-0.2, -0.15) is 0 Å². The van der Waals surface area contributed by atoms with E-state index >= 15 is 0 Å². The fraction of sp³-hybridized carbons (Fsp3) is 0.611. The van der Waals surface area contributed by atoms with Crippen LogP contribution < -0.4 is 5.32 Å². The molecule has 10 heteroatoms. The van der Waals surface area contributed by atoms with Crippen molar-refractivity contribution in [3.05, 3.63) is 16.0 Å². The minimum atomic E-state index is -0.409. The number of carbonyl (C=O) groups excluding carboxylic acids is 2. The van der Waals surface area contributed by atoms with Gasteiger partial charge in [-0.1, -0.05) is 31.0 Å². The highest BCUT2D eigenvalue weighted by Gasteiger charge is 2.23. The molecule has 8 nitrogen and oxygen atoms in total. The number of nitrogens with one attached hydrogen (secondary N) is 1. The summed E-state index contributed by atoms with van der Waals surface area (Å²) in [6, 6.07) is 0.312. The standard InChI is InChI=1S/C18H25N5O3S2/c1-4-26-17(25)15-11(2)12(3)28-16(15)19-14(24)10-27-18-20-21-22-23(18)13-8-6-5-7-9-13/h13H,4-10H2,1-3H3,(H,19,24). The van der Waals surface area contributed by atoms with Crippen LogP contribution in [0.2, 0.25) is 0 Å². The lowest BCUT2D eigenvalue weighted by molar-refractivity contribution is -0.113. The molecule has 0 spiro atoms. The number of anilines is 1. The number of thioether (sulfide) groups is 1. The van der Waals surface area contributed by atoms with Crippen LogP contribution in [0, 0.1) is 13.8 Å². The SMILES string of the molecule is CCOC(=O)c1c(NC(=O)CSc2nnnn2C2CCCCC2)sc(C)c1C. The van der Waals surface area contributed by atoms with E-state index in [1.807, 2.05) is 18.5 Å². The summed E-state index contributed by atoms with van der Waals surface area (Å²) in [7, 11) is 0. The van der Waals surface area contributed by atoms with Crippen LogP contribution in [-0.4, -0.2) is 44.4 Å². The lowest BCUT2D eigenvalue weighted by Crippen LogP contribution is -2.18. The Hall–Kier alpha value is -1.94. The highest BCUT2D eigenvalue weighted by Crippen LogP contribution is 2.34. The molecule has 2 aromatic heterocycles. The fourth-order valence-corrected chi connectivity index (χ4v) is 5.10. The number of amides is 1. The van der Waals surface area contributed by atoms with Gasteiger partial charge in [-0.3, -0.25) is 4.79 Å². The number of ether oxygens (including phenoxy) is 1. The zero-order valence-electron chi connectivity index (χ0n) is 16.4. The minimum absolute atomic E-state index is 0.172. The van der Waals surface area contributed by atoms with E-state index < -0.39 is 5.97 Å². The number of thiophene rings is 1. The molecule has 1 amide bonds. The summed E-state index contributed by atoms with van der Waals surface area (Å²) in [5.74, 6) is -0.436. The quantitative estimate of drug-likeness (QED) is 0.534. The second-order valence-electron chi connectivity index (χ2n) is 6.74. The summed E-state index contributed by atoms with van der Waals surface area (Å²) in [4.78, 5) is 25.7. The summed E-state index contributed by atoms with van der Waals surface area (Å²) in [6.07, 6.45) is 5.76. The summed E-state index contributed by atoms with van der Waals surface area (Å²) in [5, 5.41) is 16.0. The average Bonchev–Trinajstić information content (AvgIpc) is 3.26. The maximum Gasteiger partial charge on any atom is 0.341 e. The number of aryl methyl sites for hydroxylation is 1. The van der Waals surface area contributed by atoms with Crippen LogP contribution in [0.25, 0.3) is 0 Å². The predicted octanol–water partition coefficient (Wildman–Crippen LogP) is 3.76. The number of carbonyl (C=O) groups is 2. The third-order valence-electron chi connectivity index (χ3n) is 4.83. The van der Waals surface area contributed by atoms with Crippen molar-refractivity contribution in [2.24, 2.45) is 0 Å². The maximum absolute atomic E-state index is 12.5. The Morgan fingerprint density at radius 2 is 2.04 bits per heavy atom. The molecule has 0 radical (unpaired) electrons. The van der Waals surface area contributed by atoms with Crippen molar-refractivity contribution in [3.8, 4) is 0 Å². The van der Waals surface area contributed by atoms with E-state index in [0.717, 1.165) is 23.3 Å². The second kappa shape index (κ2) is 9.51. The van der Waals surface area contributed by atoms with Gasteiger partial charge in [0.1, 0.15) is 5.00 Å². The van der Waals surface area contributed by atoms with E-state index in [1.54, 1.807) is 6.92 Å². The van der Waals surface area contributed by atoms with Crippen LogP contribution >= 0.6 is 23.1 Å². The second-order valence-corrected chi connectivity index (χ2v) is 8.91. The van der Waals surface area contributed by atoms with Crippen LogP contribution in [0.15, 0.2) is 5.16 Å². The molecule has 0 aliphatic heterocycles. The molecule has 0 atom stereocenters. The molecule has 3 rings (SSSR count). The highest BCUT2D eigenvalue weighted by molar-refractivity contribution is 7.99. The molecule has 1 aliphatic carbocycles. The first-order chi connectivity index (χ1) is 13.5. The molecule has 1 aliphatic rings. The largest absolute Gasteiger partial charge is 0.462 e. The number of nitrogens with zero attached hydrogens (tertiary/aromatic N) is 4. The zero-order valence-corrected chi connectivity index (χ0v) is 18.0. The smallest absolute Gasteiger partial charge is 0.341 e. The first kappa shape index (κ1) is 20.8. The van der Waals surface area contributed by atoms with Gasteiger partial charge in [0.25, 0.3) is 0 Å². The first-order valence-corrected chi connectivity index (χ1v) is 11.3. The number of hydrogen-bond acceptors (Lipinski definition) is 8. The summed E-state index contributed by atoms with van der Waals surface area (Å²) < 4.78 is 6.98. The van der Waals surface area contributed by atoms with E-state index in [-0.39, 0.29) is 11.7 Å². The van der Waals surface area contributed by atoms with Gasteiger partial charge in [0, 0.05) is 4.88 Å². The molecule has 0 bridgehead atoms. The zero-order chi connectivity index (χ0) is 20.1. The first-order valence-electron chi connectivity index (χ1n) is 9.48. The number of tetrazole rings is 1. The van der Waals surface area contributed by atoms with Crippen molar-refractivity contribution in [2.45, 2.75) is 64.1 Å². The van der Waals surface area contributed by atoms with E-state index in [0.29, 0.717) is 28.4 Å². The van der Waals surface area contributed by atoms with Crippen molar-refractivity contribution in [1.82, 2.24) is 20.2 Å². The van der Waals surface area contributed by atoms with Gasteiger partial charge in [0.05, 0.1) is 24.0 Å². The molecule has 28 heavy (non-hydrogen) atoms. The molecule has 1 fully saturated rings. The Bertz CT molecular complexity index is 842. The Kier molecular flexibility index (Phi) is 7.06. The number of hydrogen-bond donors (Lipinski definition) is 1. The monoisotopic (exact) mass is 423 g/mol. The molecule has 1 saturated carbocycles. The Morgan fingerprint density at radius 3 is 2.75 bits per heavy atom. The Balaban J connectivity index is 1.64. The number of aromatic nitrogens is 4. The van der Waals surface area contributed by atoms with Gasteiger partial charge in [-0.05, 0) is 49.6 Å². The van der Waals surface area contributed by atoms with Crippen LogP contribution in [0.5, 0.6) is 0 Å². The average molecular weight is 424 g/mol. The van der Waals surface area contributed by atoms with Crippen LogP contribution in [0.3, 0.4) is 0 Å². The van der Waals surface area contributed by atoms with Gasteiger partial charge < -0.3 is 10.1 Å². The van der Waals surface area contributed by atoms with Crippen molar-refractivity contribution in [3.63, 3.8) is 0 Å². The van der Waals surface area contributed by atoms with Gasteiger partial charge >= 0.3 is 5.97 Å². The molecule has 0 saturated heterocycles. The molecular weight excluding hydrogens is 398 g/mol. The minimum Gasteiger partial charge on any atom is -0.462 e. The van der Waals surface area contributed by atoms with Crippen LogP contribution in [0.1, 0.15) is 65.9 Å². The van der Waals surface area contributed by atoms with Gasteiger partial charge in [0.2, 0.25) is 11.1 Å². The van der Waals surface area contributed by atoms with Crippen LogP contribution in [-0.2, 0) is 9.53 Å². The van der Waals surface area contributed by atoms with Gasteiger partial charge in [0.15, 0.2) is 0 Å². The van der Waals surface area contributed by atoms with E-state index in [1.165, 1.54) is 42.4 Å². The summed E-state index contributed by atoms with van der Waals surface area (Å²) >= 11 is 2.70. The number of rotatable bonds is 7. The lowest BCUT2D eigenvalue weighted by Gasteiger charge is -2.21. The Labute approximate surface area is 172 Å². The van der Waals surface area contributed by atoms with Crippen molar-refractivity contribution < 1.29 is 14.3 Å². The molecule has 152 valence electrons. The molecule has 2 aromatic rings. The molecule has 0 aromatic carbocycles. The Morgan fingerprint density at radius 1 is 1.29 bits per heavy atom. The van der Waals surface area contributed by atoms with Crippen molar-refractivity contribution in [1.29, 1.82) is 0 Å². The normalized spacial score (nSPS) is 14.8. The molecule has 2 heterocycles. The lowest BCUT2D eigenvalue weighted by atomic mass is 9.96. The maximum atomic E-state index is 12.5. The van der Waals surface area contributed by atoms with E-state index in [9.17, 15) is 9.59 Å². The topological polar surface area (TPSA) is 99.0 Å². The predicted molar refractivity (Wildman–Crippen MR) is 109 cm³/mol. The van der Waals surface area contributed by atoms with E-state index in [4.69, 9.17) is 4.74 Å². The van der Waals surface area contributed by atoms with E-state index in [2.05, 4.69) is 20.8 Å². The van der Waals surface area contributed by atoms with Gasteiger partial charge in [-0.15, -0.1) is 16.4 Å². The summed E-state index contributed by atoms with van der Waals surface area (Å²) in [6.45, 7) is 5.84. The molecule has 0 unspecified atom stereocenters. The third-order valence-corrected chi connectivity index (χ3v) is 6.89. The number of esters is 1. The van der Waals surface area contributed by atoms with Crippen LogP contribution in [0.4, 0.5) is 5.00 Å². The third kappa shape index (κ3) is 4.72. The van der Waals surface area contributed by atoms with Gasteiger partial charge in [-0.25, -0.2) is 9.48 Å². The molecule has 1 N–H and O–H groups in total. The fourth-order valence-electron chi connectivity index (χ4n) is 3.29.